The maximum atomic E-state index is 12.2. The smallest absolute Gasteiger partial charge is 0.197 e. The fourth-order valence-corrected chi connectivity index (χ4v) is 1.54. The van der Waals surface area contributed by atoms with Crippen LogP contribution in [-0.2, 0) is 11.3 Å². The molecule has 90 valence electrons. The molecule has 1 aromatic heterocycles. The molecule has 1 aromatic rings. The van der Waals surface area contributed by atoms with E-state index in [9.17, 15) is 4.79 Å². The molecule has 1 heterocycles. The molecule has 1 unspecified atom stereocenters. The first-order valence-corrected chi connectivity index (χ1v) is 5.69. The molecule has 0 radical (unpaired) electrons. The number of carbonyl (C=O) groups is 1. The van der Waals surface area contributed by atoms with Gasteiger partial charge in [-0.05, 0) is 19.8 Å². The Hall–Kier alpha value is -1.16. The summed E-state index contributed by atoms with van der Waals surface area (Å²) in [6, 6.07) is 0. The summed E-state index contributed by atoms with van der Waals surface area (Å²) in [5.74, 6) is -0.000136. The van der Waals surface area contributed by atoms with Crippen molar-refractivity contribution in [2.45, 2.75) is 45.8 Å². The van der Waals surface area contributed by atoms with Crippen molar-refractivity contribution in [2.75, 3.05) is 7.11 Å². The van der Waals surface area contributed by atoms with Crippen molar-refractivity contribution in [3.8, 4) is 0 Å². The Morgan fingerprint density at radius 3 is 2.75 bits per heavy atom. The van der Waals surface area contributed by atoms with Crippen LogP contribution in [0.25, 0.3) is 0 Å². The standard InChI is InChI=1S/C12H20N2O2/c1-5-7-14-9-10(8-13-14)11(15)12(3,6-2)16-4/h8-9H,5-7H2,1-4H3. The molecular weight excluding hydrogens is 204 g/mol. The van der Waals surface area contributed by atoms with Crippen LogP contribution in [0.5, 0.6) is 0 Å². The van der Waals surface area contributed by atoms with Gasteiger partial charge >= 0.3 is 0 Å². The van der Waals surface area contributed by atoms with E-state index < -0.39 is 5.60 Å². The molecule has 0 bridgehead atoms. The molecule has 4 heteroatoms. The predicted molar refractivity (Wildman–Crippen MR) is 62.6 cm³/mol. The maximum absolute atomic E-state index is 12.2. The minimum absolute atomic E-state index is 0.000136. The van der Waals surface area contributed by atoms with E-state index in [-0.39, 0.29) is 5.78 Å². The number of Topliss-reactive ketones (excluding diaryl/α,β-unsaturated/α-hetero) is 1. The second-order valence-corrected chi connectivity index (χ2v) is 4.11. The van der Waals surface area contributed by atoms with Crippen LogP contribution >= 0.6 is 0 Å². The first-order valence-electron chi connectivity index (χ1n) is 5.69. The molecule has 1 rings (SSSR count). The van der Waals surface area contributed by atoms with E-state index >= 15 is 0 Å². The zero-order valence-electron chi connectivity index (χ0n) is 10.5. The van der Waals surface area contributed by atoms with Crippen molar-refractivity contribution in [3.63, 3.8) is 0 Å². The lowest BCUT2D eigenvalue weighted by Crippen LogP contribution is -2.36. The van der Waals surface area contributed by atoms with Crippen LogP contribution < -0.4 is 0 Å². The van der Waals surface area contributed by atoms with Crippen molar-refractivity contribution < 1.29 is 9.53 Å². The number of methoxy groups -OCH3 is 1. The maximum Gasteiger partial charge on any atom is 0.197 e. The molecule has 0 saturated carbocycles. The summed E-state index contributed by atoms with van der Waals surface area (Å²) in [6.45, 7) is 6.67. The summed E-state index contributed by atoms with van der Waals surface area (Å²) in [4.78, 5) is 12.2. The Labute approximate surface area is 96.6 Å². The van der Waals surface area contributed by atoms with Gasteiger partial charge in [0.25, 0.3) is 0 Å². The topological polar surface area (TPSA) is 44.1 Å². The second kappa shape index (κ2) is 5.25. The van der Waals surface area contributed by atoms with Crippen LogP contribution in [0.2, 0.25) is 0 Å². The lowest BCUT2D eigenvalue weighted by Gasteiger charge is -2.23. The number of ether oxygens (including phenoxy) is 1. The molecule has 0 amide bonds. The van der Waals surface area contributed by atoms with Crippen LogP contribution in [0.3, 0.4) is 0 Å². The summed E-state index contributed by atoms with van der Waals surface area (Å²) < 4.78 is 7.08. The van der Waals surface area contributed by atoms with Crippen molar-refractivity contribution in [3.05, 3.63) is 18.0 Å². The number of hydrogen-bond donors (Lipinski definition) is 0. The summed E-state index contributed by atoms with van der Waals surface area (Å²) >= 11 is 0. The van der Waals surface area contributed by atoms with E-state index in [0.29, 0.717) is 12.0 Å². The van der Waals surface area contributed by atoms with Gasteiger partial charge in [0.05, 0.1) is 11.8 Å². The Morgan fingerprint density at radius 1 is 1.56 bits per heavy atom. The molecule has 1 atom stereocenters. The third-order valence-electron chi connectivity index (χ3n) is 2.95. The Morgan fingerprint density at radius 2 is 2.25 bits per heavy atom. The number of hydrogen-bond acceptors (Lipinski definition) is 3. The lowest BCUT2D eigenvalue weighted by atomic mass is 9.94. The first-order chi connectivity index (χ1) is 7.57. The van der Waals surface area contributed by atoms with Crippen LogP contribution in [-0.4, -0.2) is 28.3 Å². The molecule has 0 aliphatic rings. The molecule has 0 aromatic carbocycles. The summed E-state index contributed by atoms with van der Waals surface area (Å²) in [7, 11) is 1.57. The Kier molecular flexibility index (Phi) is 4.24. The molecular formula is C12H20N2O2. The van der Waals surface area contributed by atoms with E-state index in [1.807, 2.05) is 13.8 Å². The van der Waals surface area contributed by atoms with E-state index in [4.69, 9.17) is 4.74 Å². The predicted octanol–water partition coefficient (Wildman–Crippen LogP) is 2.29. The van der Waals surface area contributed by atoms with Gasteiger partial charge in [0.2, 0.25) is 0 Å². The molecule has 0 spiro atoms. The third kappa shape index (κ3) is 2.50. The SMILES string of the molecule is CCCn1cc(C(=O)C(C)(CC)OC)cn1. The fraction of sp³-hybridized carbons (Fsp3) is 0.667. The molecule has 4 nitrogen and oxygen atoms in total. The number of aryl methyl sites for hydroxylation is 1. The van der Waals surface area contributed by atoms with Gasteiger partial charge in [0.15, 0.2) is 5.78 Å². The number of aromatic nitrogens is 2. The largest absolute Gasteiger partial charge is 0.370 e. The monoisotopic (exact) mass is 224 g/mol. The molecule has 0 aliphatic heterocycles. The van der Waals surface area contributed by atoms with Crippen LogP contribution in [0.1, 0.15) is 44.0 Å². The van der Waals surface area contributed by atoms with Gasteiger partial charge in [-0.1, -0.05) is 13.8 Å². The van der Waals surface area contributed by atoms with Gasteiger partial charge < -0.3 is 4.74 Å². The summed E-state index contributed by atoms with van der Waals surface area (Å²) in [5, 5.41) is 4.15. The number of nitrogens with zero attached hydrogens (tertiary/aromatic N) is 2. The molecule has 16 heavy (non-hydrogen) atoms. The van der Waals surface area contributed by atoms with Gasteiger partial charge in [-0.3, -0.25) is 9.48 Å². The van der Waals surface area contributed by atoms with Crippen molar-refractivity contribution in [2.24, 2.45) is 0 Å². The average Bonchev–Trinajstić information content (AvgIpc) is 2.76. The molecule has 0 saturated heterocycles. The van der Waals surface area contributed by atoms with Crippen molar-refractivity contribution >= 4 is 5.78 Å². The van der Waals surface area contributed by atoms with Gasteiger partial charge in [-0.2, -0.15) is 5.10 Å². The van der Waals surface area contributed by atoms with Gasteiger partial charge in [0, 0.05) is 19.9 Å². The van der Waals surface area contributed by atoms with Gasteiger partial charge in [0.1, 0.15) is 5.60 Å². The summed E-state index contributed by atoms with van der Waals surface area (Å²) in [5.41, 5.74) is -0.111. The van der Waals surface area contributed by atoms with Crippen LogP contribution in [0.15, 0.2) is 12.4 Å². The summed E-state index contributed by atoms with van der Waals surface area (Å²) in [6.07, 6.45) is 5.07. The first kappa shape index (κ1) is 12.9. The van der Waals surface area contributed by atoms with E-state index in [0.717, 1.165) is 13.0 Å². The van der Waals surface area contributed by atoms with Crippen molar-refractivity contribution in [1.29, 1.82) is 0 Å². The molecule has 0 N–H and O–H groups in total. The minimum Gasteiger partial charge on any atom is -0.370 e. The van der Waals surface area contributed by atoms with Crippen LogP contribution in [0, 0.1) is 0 Å². The second-order valence-electron chi connectivity index (χ2n) is 4.11. The zero-order chi connectivity index (χ0) is 12.2. The minimum atomic E-state index is -0.736. The molecule has 0 aliphatic carbocycles. The van der Waals surface area contributed by atoms with Crippen LogP contribution in [0.4, 0.5) is 0 Å². The Bertz CT molecular complexity index is 354. The van der Waals surface area contributed by atoms with E-state index in [1.165, 1.54) is 0 Å². The van der Waals surface area contributed by atoms with E-state index in [1.54, 1.807) is 24.2 Å². The fourth-order valence-electron chi connectivity index (χ4n) is 1.54. The Balaban J connectivity index is 2.87. The number of ketones is 1. The zero-order valence-corrected chi connectivity index (χ0v) is 10.5. The highest BCUT2D eigenvalue weighted by Gasteiger charge is 2.32. The highest BCUT2D eigenvalue weighted by molar-refractivity contribution is 6.01. The average molecular weight is 224 g/mol. The van der Waals surface area contributed by atoms with E-state index in [2.05, 4.69) is 12.0 Å². The highest BCUT2D eigenvalue weighted by atomic mass is 16.5. The third-order valence-corrected chi connectivity index (χ3v) is 2.95. The molecule has 0 fully saturated rings. The quantitative estimate of drug-likeness (QED) is 0.696. The normalized spacial score (nSPS) is 14.8. The number of rotatable bonds is 6. The van der Waals surface area contributed by atoms with Gasteiger partial charge in [-0.15, -0.1) is 0 Å². The highest BCUT2D eigenvalue weighted by Crippen LogP contribution is 2.20. The number of carbonyl (C=O) groups excluding carboxylic acids is 1. The van der Waals surface area contributed by atoms with Gasteiger partial charge in [-0.25, -0.2) is 0 Å². The lowest BCUT2D eigenvalue weighted by molar-refractivity contribution is 0.0106. The van der Waals surface area contributed by atoms with Crippen molar-refractivity contribution in [1.82, 2.24) is 9.78 Å².